The lowest BCUT2D eigenvalue weighted by atomic mass is 10.2. The SMILES string of the molecule is O=C1COc2ccc([N+](=O)[O-])nc2N1Cc1ccc(Cl)cc1. The van der Waals surface area contributed by atoms with Crippen LogP contribution >= 0.6 is 11.6 Å². The molecule has 1 aromatic carbocycles. The summed E-state index contributed by atoms with van der Waals surface area (Å²) in [5.41, 5.74) is 0.832. The van der Waals surface area contributed by atoms with Crippen LogP contribution in [-0.4, -0.2) is 22.4 Å². The number of fused-ring (bicyclic) bond motifs is 1. The molecule has 0 saturated carbocycles. The van der Waals surface area contributed by atoms with E-state index in [1.165, 1.54) is 17.0 Å². The van der Waals surface area contributed by atoms with E-state index < -0.39 is 4.92 Å². The van der Waals surface area contributed by atoms with Gasteiger partial charge >= 0.3 is 5.82 Å². The van der Waals surface area contributed by atoms with E-state index in [2.05, 4.69) is 4.98 Å². The molecule has 0 unspecified atom stereocenters. The number of pyridine rings is 1. The average Bonchev–Trinajstić information content (AvgIpc) is 2.51. The summed E-state index contributed by atoms with van der Waals surface area (Å²) in [5, 5.41) is 11.4. The number of aromatic nitrogens is 1. The largest absolute Gasteiger partial charge is 0.477 e. The van der Waals surface area contributed by atoms with Gasteiger partial charge in [0.25, 0.3) is 11.7 Å². The van der Waals surface area contributed by atoms with Gasteiger partial charge in [-0.2, -0.15) is 0 Å². The number of hydrogen-bond donors (Lipinski definition) is 0. The van der Waals surface area contributed by atoms with Gasteiger partial charge in [-0.1, -0.05) is 23.7 Å². The number of carbonyl (C=O) groups excluding carboxylic acids is 1. The zero-order chi connectivity index (χ0) is 15.7. The molecule has 7 nitrogen and oxygen atoms in total. The molecule has 0 spiro atoms. The lowest BCUT2D eigenvalue weighted by Gasteiger charge is -2.25. The van der Waals surface area contributed by atoms with E-state index in [1.54, 1.807) is 24.3 Å². The Hall–Kier alpha value is -2.67. The van der Waals surface area contributed by atoms with E-state index in [0.717, 1.165) is 5.56 Å². The minimum atomic E-state index is -0.611. The highest BCUT2D eigenvalue weighted by atomic mass is 35.5. The third-order valence-electron chi connectivity index (χ3n) is 3.17. The molecule has 8 heteroatoms. The van der Waals surface area contributed by atoms with Crippen molar-refractivity contribution in [1.29, 1.82) is 0 Å². The van der Waals surface area contributed by atoms with Crippen LogP contribution in [0, 0.1) is 10.1 Å². The van der Waals surface area contributed by atoms with E-state index in [0.29, 0.717) is 10.8 Å². The Morgan fingerprint density at radius 3 is 2.68 bits per heavy atom. The van der Waals surface area contributed by atoms with Crippen LogP contribution < -0.4 is 9.64 Å². The normalized spacial score (nSPS) is 13.5. The number of benzene rings is 1. The summed E-state index contributed by atoms with van der Waals surface area (Å²) in [4.78, 5) is 27.6. The van der Waals surface area contributed by atoms with Gasteiger partial charge in [-0.3, -0.25) is 9.69 Å². The van der Waals surface area contributed by atoms with Gasteiger partial charge in [0.1, 0.15) is 0 Å². The third kappa shape index (κ3) is 2.71. The monoisotopic (exact) mass is 319 g/mol. The second-order valence-corrected chi connectivity index (χ2v) is 5.08. The highest BCUT2D eigenvalue weighted by Crippen LogP contribution is 2.33. The van der Waals surface area contributed by atoms with Crippen molar-refractivity contribution in [3.05, 3.63) is 57.1 Å². The van der Waals surface area contributed by atoms with Crippen molar-refractivity contribution in [3.63, 3.8) is 0 Å². The Labute approximate surface area is 130 Å². The fourth-order valence-corrected chi connectivity index (χ4v) is 2.23. The second kappa shape index (κ2) is 5.61. The molecule has 2 heterocycles. The molecule has 0 saturated heterocycles. The smallest absolute Gasteiger partial charge is 0.366 e. The molecular formula is C14H10ClN3O4. The van der Waals surface area contributed by atoms with Crippen molar-refractivity contribution < 1.29 is 14.5 Å². The first-order valence-electron chi connectivity index (χ1n) is 6.37. The molecule has 3 rings (SSSR count). The van der Waals surface area contributed by atoms with Crippen LogP contribution in [0.15, 0.2) is 36.4 Å². The molecule has 0 radical (unpaired) electrons. The molecule has 0 bridgehead atoms. The fourth-order valence-electron chi connectivity index (χ4n) is 2.10. The van der Waals surface area contributed by atoms with Crippen molar-refractivity contribution in [2.45, 2.75) is 6.54 Å². The van der Waals surface area contributed by atoms with Gasteiger partial charge < -0.3 is 14.9 Å². The highest BCUT2D eigenvalue weighted by molar-refractivity contribution is 6.30. The number of amides is 1. The van der Waals surface area contributed by atoms with Crippen LogP contribution in [0.5, 0.6) is 5.75 Å². The van der Waals surface area contributed by atoms with Crippen molar-refractivity contribution >= 4 is 29.1 Å². The molecular weight excluding hydrogens is 310 g/mol. The summed E-state index contributed by atoms with van der Waals surface area (Å²) >= 11 is 5.83. The molecule has 0 N–H and O–H groups in total. The first-order chi connectivity index (χ1) is 10.5. The quantitative estimate of drug-likeness (QED) is 0.641. The van der Waals surface area contributed by atoms with E-state index in [4.69, 9.17) is 16.3 Å². The van der Waals surface area contributed by atoms with Crippen molar-refractivity contribution in [1.82, 2.24) is 4.98 Å². The van der Waals surface area contributed by atoms with Crippen LogP contribution in [0.1, 0.15) is 5.56 Å². The molecule has 22 heavy (non-hydrogen) atoms. The summed E-state index contributed by atoms with van der Waals surface area (Å²) in [5.74, 6) is -0.145. The van der Waals surface area contributed by atoms with Crippen LogP contribution in [-0.2, 0) is 11.3 Å². The summed E-state index contributed by atoms with van der Waals surface area (Å²) in [6.07, 6.45) is 0. The lowest BCUT2D eigenvalue weighted by Crippen LogP contribution is -2.39. The first-order valence-corrected chi connectivity index (χ1v) is 6.75. The number of anilines is 1. The molecule has 1 aliphatic rings. The number of ether oxygens (including phenoxy) is 1. The number of rotatable bonds is 3. The van der Waals surface area contributed by atoms with Crippen LogP contribution in [0.3, 0.4) is 0 Å². The molecule has 0 aliphatic carbocycles. The van der Waals surface area contributed by atoms with E-state index in [1.807, 2.05) is 0 Å². The Morgan fingerprint density at radius 1 is 1.27 bits per heavy atom. The Balaban J connectivity index is 1.97. The van der Waals surface area contributed by atoms with Gasteiger partial charge in [0.15, 0.2) is 12.4 Å². The average molecular weight is 320 g/mol. The Kier molecular flexibility index (Phi) is 3.64. The molecule has 1 amide bonds. The zero-order valence-electron chi connectivity index (χ0n) is 11.2. The van der Waals surface area contributed by atoms with Gasteiger partial charge in [-0.15, -0.1) is 0 Å². The van der Waals surface area contributed by atoms with Crippen LogP contribution in [0.2, 0.25) is 5.02 Å². The van der Waals surface area contributed by atoms with Crippen molar-refractivity contribution in [2.24, 2.45) is 0 Å². The van der Waals surface area contributed by atoms with Gasteiger partial charge in [0.2, 0.25) is 0 Å². The van der Waals surface area contributed by atoms with Gasteiger partial charge in [-0.25, -0.2) is 0 Å². The molecule has 112 valence electrons. The maximum atomic E-state index is 12.1. The van der Waals surface area contributed by atoms with Crippen LogP contribution in [0.25, 0.3) is 0 Å². The van der Waals surface area contributed by atoms with Gasteiger partial charge in [-0.05, 0) is 33.7 Å². The highest BCUT2D eigenvalue weighted by Gasteiger charge is 2.32. The first kappa shape index (κ1) is 14.3. The standard InChI is InChI=1S/C14H10ClN3O4/c15-10-3-1-9(2-4-10)7-17-13(19)8-22-11-5-6-12(18(20)21)16-14(11)17/h1-6H,7-8H2. The van der Waals surface area contributed by atoms with E-state index in [-0.39, 0.29) is 30.7 Å². The fraction of sp³-hybridized carbons (Fsp3) is 0.143. The number of nitrogens with zero attached hydrogens (tertiary/aromatic N) is 3. The summed E-state index contributed by atoms with van der Waals surface area (Å²) in [6, 6.07) is 9.67. The summed E-state index contributed by atoms with van der Waals surface area (Å²) < 4.78 is 5.26. The molecule has 2 aromatic rings. The van der Waals surface area contributed by atoms with Gasteiger partial charge in [0, 0.05) is 11.1 Å². The number of hydrogen-bond acceptors (Lipinski definition) is 5. The molecule has 0 fully saturated rings. The minimum absolute atomic E-state index is 0.125. The van der Waals surface area contributed by atoms with Gasteiger partial charge in [0.05, 0.1) is 6.54 Å². The summed E-state index contributed by atoms with van der Waals surface area (Å²) in [7, 11) is 0. The zero-order valence-corrected chi connectivity index (χ0v) is 12.0. The molecule has 0 atom stereocenters. The van der Waals surface area contributed by atoms with Crippen LogP contribution in [0.4, 0.5) is 11.6 Å². The second-order valence-electron chi connectivity index (χ2n) is 4.64. The maximum absolute atomic E-state index is 12.1. The van der Waals surface area contributed by atoms with Crippen molar-refractivity contribution in [2.75, 3.05) is 11.5 Å². The predicted octanol–water partition coefficient (Wildman–Crippen LogP) is 2.57. The summed E-state index contributed by atoms with van der Waals surface area (Å²) in [6.45, 7) is 0.112. The predicted molar refractivity (Wildman–Crippen MR) is 79.0 cm³/mol. The minimum Gasteiger partial charge on any atom is -0.477 e. The van der Waals surface area contributed by atoms with E-state index >= 15 is 0 Å². The Morgan fingerprint density at radius 2 is 2.00 bits per heavy atom. The number of halogens is 1. The maximum Gasteiger partial charge on any atom is 0.366 e. The molecule has 1 aliphatic heterocycles. The topological polar surface area (TPSA) is 85.6 Å². The Bertz CT molecular complexity index is 748. The molecule has 1 aromatic heterocycles. The number of nitro groups is 1. The van der Waals surface area contributed by atoms with E-state index in [9.17, 15) is 14.9 Å². The van der Waals surface area contributed by atoms with Crippen molar-refractivity contribution in [3.8, 4) is 5.75 Å². The lowest BCUT2D eigenvalue weighted by molar-refractivity contribution is -0.389. The number of carbonyl (C=O) groups is 1. The third-order valence-corrected chi connectivity index (χ3v) is 3.43.